The van der Waals surface area contributed by atoms with Gasteiger partial charge in [0.2, 0.25) is 5.91 Å². The van der Waals surface area contributed by atoms with Gasteiger partial charge in [-0.15, -0.1) is 0 Å². The van der Waals surface area contributed by atoms with Crippen LogP contribution in [0.4, 0.5) is 0 Å². The quantitative estimate of drug-likeness (QED) is 0.693. The van der Waals surface area contributed by atoms with E-state index in [0.717, 1.165) is 18.4 Å². The van der Waals surface area contributed by atoms with Gasteiger partial charge in [0.15, 0.2) is 0 Å². The first-order valence-corrected chi connectivity index (χ1v) is 7.94. The molecule has 0 bridgehead atoms. The number of aryl methyl sites for hydroxylation is 1. The zero-order valence-corrected chi connectivity index (χ0v) is 12.8. The van der Waals surface area contributed by atoms with Crippen molar-refractivity contribution in [3.63, 3.8) is 0 Å². The Morgan fingerprint density at radius 2 is 2.00 bits per heavy atom. The molecule has 23 heavy (non-hydrogen) atoms. The number of hydrogen-bond donors (Lipinski definition) is 3. The van der Waals surface area contributed by atoms with Crippen molar-refractivity contribution in [2.75, 3.05) is 6.54 Å². The molecule has 3 aromatic rings. The molecule has 0 radical (unpaired) electrons. The van der Waals surface area contributed by atoms with E-state index in [1.807, 2.05) is 6.07 Å². The normalized spacial score (nSPS) is 16.6. The first-order valence-electron chi connectivity index (χ1n) is 7.94. The Morgan fingerprint density at radius 3 is 2.78 bits per heavy atom. The van der Waals surface area contributed by atoms with Crippen molar-refractivity contribution in [3.8, 4) is 11.3 Å². The van der Waals surface area contributed by atoms with Gasteiger partial charge in [-0.3, -0.25) is 4.79 Å². The number of aromatic nitrogens is 1. The van der Waals surface area contributed by atoms with Crippen LogP contribution in [-0.2, 0) is 11.2 Å². The number of benzene rings is 2. The third-order valence-electron chi connectivity index (χ3n) is 4.60. The van der Waals surface area contributed by atoms with E-state index in [-0.39, 0.29) is 18.5 Å². The monoisotopic (exact) mass is 305 g/mol. The molecule has 4 nitrogen and oxygen atoms in total. The topological polar surface area (TPSA) is 70.9 Å². The standard InChI is InChI=1S/C19H19N3O/c20-17(23)11-21-15-10-9-14-18-13(15)7-4-8-16(18)22-19(14)12-5-2-1-3-6-12/h1-8,15,21-22H,9-11H2,(H2,20,23). The fourth-order valence-electron chi connectivity index (χ4n) is 3.62. The lowest BCUT2D eigenvalue weighted by molar-refractivity contribution is -0.117. The molecule has 4 N–H and O–H groups in total. The molecule has 1 aliphatic carbocycles. The van der Waals surface area contributed by atoms with E-state index in [4.69, 9.17) is 5.73 Å². The number of nitrogens with one attached hydrogen (secondary N) is 2. The van der Waals surface area contributed by atoms with Gasteiger partial charge < -0.3 is 16.0 Å². The second kappa shape index (κ2) is 5.56. The van der Waals surface area contributed by atoms with E-state index in [1.165, 1.54) is 27.8 Å². The van der Waals surface area contributed by atoms with Crippen LogP contribution in [0.2, 0.25) is 0 Å². The molecule has 0 saturated carbocycles. The van der Waals surface area contributed by atoms with Gasteiger partial charge >= 0.3 is 0 Å². The Labute approximate surface area is 134 Å². The van der Waals surface area contributed by atoms with Gasteiger partial charge in [0, 0.05) is 22.6 Å². The summed E-state index contributed by atoms with van der Waals surface area (Å²) < 4.78 is 0. The van der Waals surface area contributed by atoms with Crippen LogP contribution < -0.4 is 11.1 Å². The summed E-state index contributed by atoms with van der Waals surface area (Å²) in [5, 5.41) is 4.57. The molecule has 0 spiro atoms. The molecule has 116 valence electrons. The Balaban J connectivity index is 1.83. The third kappa shape index (κ3) is 2.41. The predicted molar refractivity (Wildman–Crippen MR) is 92.0 cm³/mol. The summed E-state index contributed by atoms with van der Waals surface area (Å²) in [6, 6.07) is 16.9. The second-order valence-corrected chi connectivity index (χ2v) is 6.05. The van der Waals surface area contributed by atoms with Crippen molar-refractivity contribution in [1.29, 1.82) is 0 Å². The van der Waals surface area contributed by atoms with Crippen molar-refractivity contribution in [2.24, 2.45) is 5.73 Å². The van der Waals surface area contributed by atoms with E-state index in [2.05, 4.69) is 52.8 Å². The van der Waals surface area contributed by atoms with Crippen LogP contribution in [0.1, 0.15) is 23.6 Å². The molecule has 1 heterocycles. The van der Waals surface area contributed by atoms with E-state index in [1.54, 1.807) is 0 Å². The van der Waals surface area contributed by atoms with Crippen molar-refractivity contribution in [3.05, 3.63) is 59.7 Å². The van der Waals surface area contributed by atoms with Crippen LogP contribution in [0.3, 0.4) is 0 Å². The highest BCUT2D eigenvalue weighted by molar-refractivity contribution is 5.94. The Hall–Kier alpha value is -2.59. The number of primary amides is 1. The van der Waals surface area contributed by atoms with Gasteiger partial charge in [0.25, 0.3) is 0 Å². The molecule has 0 aliphatic heterocycles. The molecular weight excluding hydrogens is 286 g/mol. The number of carbonyl (C=O) groups excluding carboxylic acids is 1. The smallest absolute Gasteiger partial charge is 0.231 e. The van der Waals surface area contributed by atoms with Crippen molar-refractivity contribution in [2.45, 2.75) is 18.9 Å². The van der Waals surface area contributed by atoms with Crippen LogP contribution in [0.5, 0.6) is 0 Å². The van der Waals surface area contributed by atoms with Crippen molar-refractivity contribution in [1.82, 2.24) is 10.3 Å². The zero-order chi connectivity index (χ0) is 15.8. The van der Waals surface area contributed by atoms with Crippen LogP contribution in [0, 0.1) is 0 Å². The minimum Gasteiger partial charge on any atom is -0.369 e. The lowest BCUT2D eigenvalue weighted by Crippen LogP contribution is -2.33. The lowest BCUT2D eigenvalue weighted by atomic mass is 9.87. The largest absolute Gasteiger partial charge is 0.369 e. The van der Waals surface area contributed by atoms with E-state index < -0.39 is 0 Å². The SMILES string of the molecule is NC(=O)CNC1CCc2c(-c3ccccc3)[nH]c3cccc1c23. The summed E-state index contributed by atoms with van der Waals surface area (Å²) in [4.78, 5) is 14.7. The summed E-state index contributed by atoms with van der Waals surface area (Å²) in [5.41, 5.74) is 11.5. The van der Waals surface area contributed by atoms with Crippen molar-refractivity contribution < 1.29 is 4.79 Å². The molecule has 0 fully saturated rings. The fraction of sp³-hybridized carbons (Fsp3) is 0.211. The summed E-state index contributed by atoms with van der Waals surface area (Å²) in [6.07, 6.45) is 1.95. The number of nitrogens with two attached hydrogens (primary N) is 1. The number of rotatable bonds is 4. The predicted octanol–water partition coefficient (Wildman–Crippen LogP) is 2.90. The molecule has 4 rings (SSSR count). The Bertz CT molecular complexity index is 867. The maximum absolute atomic E-state index is 11.1. The minimum atomic E-state index is -0.318. The number of H-pyrrole nitrogens is 1. The van der Waals surface area contributed by atoms with E-state index in [9.17, 15) is 4.79 Å². The van der Waals surface area contributed by atoms with E-state index >= 15 is 0 Å². The Morgan fingerprint density at radius 1 is 1.17 bits per heavy atom. The van der Waals surface area contributed by atoms with Gasteiger partial charge in [0.1, 0.15) is 0 Å². The van der Waals surface area contributed by atoms with Crippen LogP contribution in [-0.4, -0.2) is 17.4 Å². The lowest BCUT2D eigenvalue weighted by Gasteiger charge is -2.24. The highest BCUT2D eigenvalue weighted by atomic mass is 16.1. The maximum atomic E-state index is 11.1. The highest BCUT2D eigenvalue weighted by Crippen LogP contribution is 2.40. The van der Waals surface area contributed by atoms with Gasteiger partial charge in [-0.25, -0.2) is 0 Å². The molecule has 2 aromatic carbocycles. The number of carbonyl (C=O) groups is 1. The van der Waals surface area contributed by atoms with Crippen LogP contribution in [0.15, 0.2) is 48.5 Å². The molecule has 1 aromatic heterocycles. The average molecular weight is 305 g/mol. The summed E-state index contributed by atoms with van der Waals surface area (Å²) in [5.74, 6) is -0.318. The van der Waals surface area contributed by atoms with Crippen LogP contribution in [0.25, 0.3) is 22.2 Å². The molecular formula is C19H19N3O. The molecule has 4 heteroatoms. The first kappa shape index (κ1) is 14.0. The minimum absolute atomic E-state index is 0.179. The molecule has 1 unspecified atom stereocenters. The molecule has 1 atom stereocenters. The summed E-state index contributed by atoms with van der Waals surface area (Å²) in [6.45, 7) is 0.215. The third-order valence-corrected chi connectivity index (χ3v) is 4.60. The number of hydrogen-bond acceptors (Lipinski definition) is 2. The van der Waals surface area contributed by atoms with Crippen molar-refractivity contribution >= 4 is 16.8 Å². The summed E-state index contributed by atoms with van der Waals surface area (Å²) in [7, 11) is 0. The zero-order valence-electron chi connectivity index (χ0n) is 12.8. The molecule has 1 amide bonds. The van der Waals surface area contributed by atoms with Gasteiger partial charge in [-0.1, -0.05) is 42.5 Å². The van der Waals surface area contributed by atoms with Crippen LogP contribution >= 0.6 is 0 Å². The molecule has 0 saturated heterocycles. The van der Waals surface area contributed by atoms with Gasteiger partial charge in [-0.2, -0.15) is 0 Å². The van der Waals surface area contributed by atoms with E-state index in [0.29, 0.717) is 0 Å². The molecule has 1 aliphatic rings. The average Bonchev–Trinajstić information content (AvgIpc) is 2.95. The first-order chi connectivity index (χ1) is 11.2. The number of aromatic amines is 1. The fourth-order valence-corrected chi connectivity index (χ4v) is 3.62. The number of amides is 1. The highest BCUT2D eigenvalue weighted by Gasteiger charge is 2.25. The maximum Gasteiger partial charge on any atom is 0.231 e. The van der Waals surface area contributed by atoms with Gasteiger partial charge in [0.05, 0.1) is 6.54 Å². The summed E-state index contributed by atoms with van der Waals surface area (Å²) >= 11 is 0. The Kier molecular flexibility index (Phi) is 3.39. The second-order valence-electron chi connectivity index (χ2n) is 6.05. The van der Waals surface area contributed by atoms with Gasteiger partial charge in [-0.05, 0) is 35.6 Å².